The van der Waals surface area contributed by atoms with Crippen molar-refractivity contribution in [2.45, 2.75) is 57.7 Å². The molecule has 1 aliphatic rings. The number of carbonyl (C=O) groups is 2. The number of para-hydroxylation sites is 1. The first kappa shape index (κ1) is 24.0. The summed E-state index contributed by atoms with van der Waals surface area (Å²) in [6, 6.07) is 14.5. The Morgan fingerprint density at radius 1 is 1.15 bits per heavy atom. The minimum absolute atomic E-state index is 0.107. The quantitative estimate of drug-likeness (QED) is 0.450. The van der Waals surface area contributed by atoms with Crippen molar-refractivity contribution in [3.05, 3.63) is 82.3 Å². The number of hydrogen-bond acceptors (Lipinski definition) is 5. The molecule has 1 fully saturated rings. The molecule has 2 heterocycles. The molecular weight excluding hydrogens is 446 g/mol. The van der Waals surface area contributed by atoms with E-state index in [4.69, 9.17) is 4.74 Å². The maximum Gasteiger partial charge on any atom is 0.247 e. The van der Waals surface area contributed by atoms with Gasteiger partial charge in [-0.1, -0.05) is 43.2 Å². The van der Waals surface area contributed by atoms with Crippen LogP contribution in [-0.4, -0.2) is 34.3 Å². The van der Waals surface area contributed by atoms with Crippen molar-refractivity contribution < 1.29 is 14.3 Å². The minimum atomic E-state index is -0.809. The highest BCUT2D eigenvalue weighted by Crippen LogP contribution is 2.33. The Morgan fingerprint density at radius 3 is 2.68 bits per heavy atom. The van der Waals surface area contributed by atoms with E-state index in [-0.39, 0.29) is 30.8 Å². The van der Waals surface area contributed by atoms with Crippen LogP contribution in [0.15, 0.2) is 66.3 Å². The number of thiophene rings is 1. The van der Waals surface area contributed by atoms with Crippen LogP contribution in [0.4, 0.5) is 0 Å². The molecule has 178 valence electrons. The summed E-state index contributed by atoms with van der Waals surface area (Å²) in [5, 5.41) is 5.19. The van der Waals surface area contributed by atoms with Gasteiger partial charge in [-0.25, -0.2) is 0 Å². The third kappa shape index (κ3) is 6.03. The second kappa shape index (κ2) is 11.8. The number of nitrogens with one attached hydrogen (secondary N) is 1. The fourth-order valence-corrected chi connectivity index (χ4v) is 5.17. The molecular formula is C27H31N3O3S. The molecule has 0 bridgehead atoms. The molecule has 3 aromatic rings. The fraction of sp³-hybridized carbons (Fsp3) is 0.370. The van der Waals surface area contributed by atoms with Gasteiger partial charge in [0, 0.05) is 35.4 Å². The number of pyridine rings is 1. The molecule has 1 aromatic carbocycles. The fourth-order valence-electron chi connectivity index (χ4n) is 4.47. The van der Waals surface area contributed by atoms with Gasteiger partial charge in [0.25, 0.3) is 0 Å². The highest BCUT2D eigenvalue weighted by atomic mass is 32.1. The van der Waals surface area contributed by atoms with Crippen LogP contribution in [0, 0.1) is 0 Å². The summed E-state index contributed by atoms with van der Waals surface area (Å²) in [5.41, 5.74) is 1.57. The predicted octanol–water partition coefficient (Wildman–Crippen LogP) is 4.91. The zero-order valence-electron chi connectivity index (χ0n) is 19.5. The van der Waals surface area contributed by atoms with Crippen molar-refractivity contribution >= 4 is 23.2 Å². The van der Waals surface area contributed by atoms with Crippen molar-refractivity contribution in [2.75, 3.05) is 6.61 Å². The number of nitrogens with zero attached hydrogens (tertiary/aromatic N) is 2. The largest absolute Gasteiger partial charge is 0.494 e. The van der Waals surface area contributed by atoms with Gasteiger partial charge in [-0.05, 0) is 48.9 Å². The Bertz CT molecular complexity index is 1070. The van der Waals surface area contributed by atoms with Gasteiger partial charge in [-0.2, -0.15) is 0 Å². The van der Waals surface area contributed by atoms with Gasteiger partial charge in [0.1, 0.15) is 11.8 Å². The third-order valence-corrected chi connectivity index (χ3v) is 6.95. The van der Waals surface area contributed by atoms with Crippen LogP contribution < -0.4 is 10.1 Å². The van der Waals surface area contributed by atoms with Gasteiger partial charge < -0.3 is 15.0 Å². The van der Waals surface area contributed by atoms with Crippen molar-refractivity contribution in [3.8, 4) is 5.75 Å². The van der Waals surface area contributed by atoms with E-state index >= 15 is 0 Å². The van der Waals surface area contributed by atoms with E-state index in [2.05, 4.69) is 10.3 Å². The molecule has 0 unspecified atom stereocenters. The molecule has 1 atom stereocenters. The van der Waals surface area contributed by atoms with E-state index in [0.29, 0.717) is 17.9 Å². The number of hydrogen-bond donors (Lipinski definition) is 1. The SMILES string of the molecule is CCOc1ccccc1[C@H](C(=O)NC1CCCC1)N(Cc1cccnc1)C(=O)Cc1cccs1. The van der Waals surface area contributed by atoms with Crippen LogP contribution >= 0.6 is 11.3 Å². The average molecular weight is 478 g/mol. The third-order valence-electron chi connectivity index (χ3n) is 6.08. The van der Waals surface area contributed by atoms with Crippen LogP contribution in [0.5, 0.6) is 5.75 Å². The molecule has 1 aliphatic carbocycles. The average Bonchev–Trinajstić information content (AvgIpc) is 3.55. The van der Waals surface area contributed by atoms with E-state index < -0.39 is 6.04 Å². The van der Waals surface area contributed by atoms with E-state index in [1.807, 2.05) is 60.8 Å². The Kier molecular flexibility index (Phi) is 8.31. The summed E-state index contributed by atoms with van der Waals surface area (Å²) in [4.78, 5) is 34.4. The van der Waals surface area contributed by atoms with Crippen LogP contribution in [0.1, 0.15) is 54.7 Å². The Morgan fingerprint density at radius 2 is 1.97 bits per heavy atom. The smallest absolute Gasteiger partial charge is 0.247 e. The zero-order valence-corrected chi connectivity index (χ0v) is 20.3. The second-order valence-corrected chi connectivity index (χ2v) is 9.53. The Hall–Kier alpha value is -3.19. The molecule has 1 saturated carbocycles. The molecule has 1 N–H and O–H groups in total. The van der Waals surface area contributed by atoms with Gasteiger partial charge in [-0.15, -0.1) is 11.3 Å². The molecule has 7 heteroatoms. The maximum atomic E-state index is 13.8. The minimum Gasteiger partial charge on any atom is -0.494 e. The zero-order chi connectivity index (χ0) is 23.8. The number of amides is 2. The van der Waals surface area contributed by atoms with E-state index in [9.17, 15) is 9.59 Å². The van der Waals surface area contributed by atoms with Gasteiger partial charge in [0.15, 0.2) is 0 Å². The molecule has 34 heavy (non-hydrogen) atoms. The lowest BCUT2D eigenvalue weighted by molar-refractivity contribution is -0.141. The number of carbonyl (C=O) groups excluding carboxylic acids is 2. The van der Waals surface area contributed by atoms with Crippen LogP contribution in [0.25, 0.3) is 0 Å². The van der Waals surface area contributed by atoms with Gasteiger partial charge in [0.05, 0.1) is 13.0 Å². The van der Waals surface area contributed by atoms with Crippen molar-refractivity contribution in [1.82, 2.24) is 15.2 Å². The normalized spacial score (nSPS) is 14.5. The molecule has 4 rings (SSSR count). The van der Waals surface area contributed by atoms with Gasteiger partial charge in [-0.3, -0.25) is 14.6 Å². The standard InChI is InChI=1S/C27H31N3O3S/c1-2-33-24-14-6-5-13-23(24)26(27(32)29-21-10-3-4-11-21)30(19-20-9-7-15-28-18-20)25(31)17-22-12-8-16-34-22/h5-9,12-16,18,21,26H,2-4,10-11,17,19H2,1H3,(H,29,32)/t26-/m1/s1. The van der Waals surface area contributed by atoms with E-state index in [1.54, 1.807) is 28.6 Å². The summed E-state index contributed by atoms with van der Waals surface area (Å²) in [6.07, 6.45) is 7.85. The highest BCUT2D eigenvalue weighted by Gasteiger charge is 2.35. The lowest BCUT2D eigenvalue weighted by atomic mass is 10.0. The molecule has 0 aliphatic heterocycles. The first-order valence-electron chi connectivity index (χ1n) is 11.9. The van der Waals surface area contributed by atoms with Crippen molar-refractivity contribution in [1.29, 1.82) is 0 Å². The summed E-state index contributed by atoms with van der Waals surface area (Å²) < 4.78 is 5.90. The van der Waals surface area contributed by atoms with Crippen LogP contribution in [0.3, 0.4) is 0 Å². The van der Waals surface area contributed by atoms with Crippen molar-refractivity contribution in [3.63, 3.8) is 0 Å². The summed E-state index contributed by atoms with van der Waals surface area (Å²) >= 11 is 1.54. The molecule has 2 amide bonds. The first-order chi connectivity index (χ1) is 16.7. The van der Waals surface area contributed by atoms with E-state index in [0.717, 1.165) is 36.1 Å². The molecule has 0 radical (unpaired) electrons. The predicted molar refractivity (Wildman–Crippen MR) is 134 cm³/mol. The number of aromatic nitrogens is 1. The molecule has 6 nitrogen and oxygen atoms in total. The summed E-state index contributed by atoms with van der Waals surface area (Å²) in [6.45, 7) is 2.67. The maximum absolute atomic E-state index is 13.8. The molecule has 0 saturated heterocycles. The van der Waals surface area contributed by atoms with Gasteiger partial charge >= 0.3 is 0 Å². The van der Waals surface area contributed by atoms with Gasteiger partial charge in [0.2, 0.25) is 11.8 Å². The summed E-state index contributed by atoms with van der Waals surface area (Å²) in [7, 11) is 0. The van der Waals surface area contributed by atoms with Crippen LogP contribution in [0.2, 0.25) is 0 Å². The number of rotatable bonds is 10. The molecule has 2 aromatic heterocycles. The summed E-state index contributed by atoms with van der Waals surface area (Å²) in [5.74, 6) is 0.350. The highest BCUT2D eigenvalue weighted by molar-refractivity contribution is 7.10. The number of ether oxygens (including phenoxy) is 1. The van der Waals surface area contributed by atoms with E-state index in [1.165, 1.54) is 0 Å². The Labute approximate surface area is 205 Å². The number of benzene rings is 1. The van der Waals surface area contributed by atoms with Crippen molar-refractivity contribution in [2.24, 2.45) is 0 Å². The van der Waals surface area contributed by atoms with Crippen LogP contribution in [-0.2, 0) is 22.6 Å². The monoisotopic (exact) mass is 477 g/mol. The first-order valence-corrected chi connectivity index (χ1v) is 12.8. The Balaban J connectivity index is 1.73. The topological polar surface area (TPSA) is 71.5 Å². The lowest BCUT2D eigenvalue weighted by Gasteiger charge is -2.33. The molecule has 0 spiro atoms. The second-order valence-electron chi connectivity index (χ2n) is 8.50. The lowest BCUT2D eigenvalue weighted by Crippen LogP contribution is -2.46.